The molecular formula is C16H17Cl2N3O. The summed E-state index contributed by atoms with van der Waals surface area (Å²) in [4.78, 5) is 16.3. The second kappa shape index (κ2) is 8.01. The van der Waals surface area contributed by atoms with Crippen LogP contribution in [0.25, 0.3) is 0 Å². The lowest BCUT2D eigenvalue weighted by Gasteiger charge is -2.08. The average Bonchev–Trinajstić information content (AvgIpc) is 2.47. The number of rotatable bonds is 6. The smallest absolute Gasteiger partial charge is 0.274 e. The Bertz CT molecular complexity index is 624. The first kappa shape index (κ1) is 16.6. The third-order valence-corrected chi connectivity index (χ3v) is 3.41. The fraction of sp³-hybridized carbons (Fsp3) is 0.250. The van der Waals surface area contributed by atoms with Crippen molar-refractivity contribution in [1.82, 2.24) is 4.98 Å². The van der Waals surface area contributed by atoms with Gasteiger partial charge in [0.1, 0.15) is 5.69 Å². The Morgan fingerprint density at radius 3 is 2.45 bits per heavy atom. The van der Waals surface area contributed by atoms with Crippen LogP contribution in [-0.2, 0) is 0 Å². The highest BCUT2D eigenvalue weighted by Gasteiger charge is 2.08. The Kier molecular flexibility index (Phi) is 6.04. The molecule has 2 aromatic rings. The lowest BCUT2D eigenvalue weighted by molar-refractivity contribution is 0.102. The molecule has 0 aliphatic rings. The first-order chi connectivity index (χ1) is 10.6. The molecule has 0 aliphatic heterocycles. The first-order valence-electron chi connectivity index (χ1n) is 7.06. The molecule has 0 unspecified atom stereocenters. The van der Waals surface area contributed by atoms with E-state index in [0.29, 0.717) is 21.4 Å². The molecule has 6 heteroatoms. The zero-order valence-electron chi connectivity index (χ0n) is 12.2. The number of carbonyl (C=O) groups is 1. The fourth-order valence-corrected chi connectivity index (χ4v) is 2.39. The van der Waals surface area contributed by atoms with Crippen LogP contribution in [0.2, 0.25) is 10.0 Å². The summed E-state index contributed by atoms with van der Waals surface area (Å²) in [7, 11) is 0. The summed E-state index contributed by atoms with van der Waals surface area (Å²) in [6.07, 6.45) is 3.87. The van der Waals surface area contributed by atoms with Gasteiger partial charge in [0.15, 0.2) is 0 Å². The Labute approximate surface area is 139 Å². The van der Waals surface area contributed by atoms with E-state index >= 15 is 0 Å². The Morgan fingerprint density at radius 1 is 1.14 bits per heavy atom. The standard InChI is InChI=1S/C16H17Cl2N3O/c1-2-3-6-19-13-4-5-15(20-10-13)16(22)21-14-8-11(17)7-12(18)9-14/h4-5,7-10,19H,2-3,6H2,1H3,(H,21,22). The van der Waals surface area contributed by atoms with Crippen LogP contribution in [0, 0.1) is 0 Å². The van der Waals surface area contributed by atoms with Crippen LogP contribution in [0.3, 0.4) is 0 Å². The van der Waals surface area contributed by atoms with Gasteiger partial charge in [-0.25, -0.2) is 4.98 Å². The van der Waals surface area contributed by atoms with Gasteiger partial charge in [0.25, 0.3) is 5.91 Å². The lowest BCUT2D eigenvalue weighted by Crippen LogP contribution is -2.13. The molecule has 22 heavy (non-hydrogen) atoms. The Morgan fingerprint density at radius 2 is 1.86 bits per heavy atom. The summed E-state index contributed by atoms with van der Waals surface area (Å²) in [6, 6.07) is 8.38. The number of carbonyl (C=O) groups excluding carboxylic acids is 1. The normalized spacial score (nSPS) is 10.3. The SMILES string of the molecule is CCCCNc1ccc(C(=O)Nc2cc(Cl)cc(Cl)c2)nc1. The number of unbranched alkanes of at least 4 members (excludes halogenated alkanes) is 1. The van der Waals surface area contributed by atoms with E-state index in [1.54, 1.807) is 30.5 Å². The molecular weight excluding hydrogens is 321 g/mol. The van der Waals surface area contributed by atoms with Crippen molar-refractivity contribution in [3.63, 3.8) is 0 Å². The molecule has 116 valence electrons. The molecule has 1 aromatic carbocycles. The number of hydrogen-bond donors (Lipinski definition) is 2. The molecule has 0 saturated carbocycles. The van der Waals surface area contributed by atoms with Crippen LogP contribution in [0.4, 0.5) is 11.4 Å². The minimum Gasteiger partial charge on any atom is -0.384 e. The largest absolute Gasteiger partial charge is 0.384 e. The average molecular weight is 338 g/mol. The summed E-state index contributed by atoms with van der Waals surface area (Å²) in [5.41, 5.74) is 1.77. The zero-order chi connectivity index (χ0) is 15.9. The van der Waals surface area contributed by atoms with Crippen LogP contribution < -0.4 is 10.6 Å². The predicted octanol–water partition coefficient (Wildman–Crippen LogP) is 4.85. The van der Waals surface area contributed by atoms with Gasteiger partial charge in [-0.3, -0.25) is 4.79 Å². The maximum absolute atomic E-state index is 12.1. The highest BCUT2D eigenvalue weighted by molar-refractivity contribution is 6.35. The number of hydrogen-bond acceptors (Lipinski definition) is 3. The van der Waals surface area contributed by atoms with Crippen molar-refractivity contribution in [1.29, 1.82) is 0 Å². The maximum atomic E-state index is 12.1. The van der Waals surface area contributed by atoms with Crippen molar-refractivity contribution in [3.05, 3.63) is 52.3 Å². The summed E-state index contributed by atoms with van der Waals surface area (Å²) < 4.78 is 0. The van der Waals surface area contributed by atoms with Crippen molar-refractivity contribution in [2.24, 2.45) is 0 Å². The second-order valence-corrected chi connectivity index (χ2v) is 5.70. The quantitative estimate of drug-likeness (QED) is 0.740. The topological polar surface area (TPSA) is 54.0 Å². The number of anilines is 2. The highest BCUT2D eigenvalue weighted by Crippen LogP contribution is 2.22. The number of aromatic nitrogens is 1. The molecule has 0 fully saturated rings. The third kappa shape index (κ3) is 4.90. The molecule has 1 aromatic heterocycles. The molecule has 0 radical (unpaired) electrons. The molecule has 2 N–H and O–H groups in total. The first-order valence-corrected chi connectivity index (χ1v) is 7.81. The number of nitrogens with one attached hydrogen (secondary N) is 2. The van der Waals surface area contributed by atoms with Gasteiger partial charge < -0.3 is 10.6 Å². The highest BCUT2D eigenvalue weighted by atomic mass is 35.5. The molecule has 0 atom stereocenters. The summed E-state index contributed by atoms with van der Waals surface area (Å²) in [5.74, 6) is -0.307. The number of benzene rings is 1. The van der Waals surface area contributed by atoms with Gasteiger partial charge in [0.05, 0.1) is 11.9 Å². The Hall–Kier alpha value is -1.78. The van der Waals surface area contributed by atoms with E-state index < -0.39 is 0 Å². The molecule has 0 saturated heterocycles. The number of pyridine rings is 1. The number of nitrogens with zero attached hydrogens (tertiary/aromatic N) is 1. The molecule has 1 heterocycles. The van der Waals surface area contributed by atoms with Gasteiger partial charge in [-0.15, -0.1) is 0 Å². The van der Waals surface area contributed by atoms with E-state index in [2.05, 4.69) is 22.5 Å². The van der Waals surface area contributed by atoms with Crippen molar-refractivity contribution < 1.29 is 4.79 Å². The van der Waals surface area contributed by atoms with Gasteiger partial charge >= 0.3 is 0 Å². The van der Waals surface area contributed by atoms with Crippen LogP contribution in [0.5, 0.6) is 0 Å². The van der Waals surface area contributed by atoms with E-state index in [4.69, 9.17) is 23.2 Å². The van der Waals surface area contributed by atoms with Crippen LogP contribution in [-0.4, -0.2) is 17.4 Å². The van der Waals surface area contributed by atoms with E-state index in [0.717, 1.165) is 25.1 Å². The monoisotopic (exact) mass is 337 g/mol. The van der Waals surface area contributed by atoms with E-state index in [1.807, 2.05) is 6.07 Å². The van der Waals surface area contributed by atoms with Crippen molar-refractivity contribution >= 4 is 40.5 Å². The fourth-order valence-electron chi connectivity index (χ4n) is 1.86. The Balaban J connectivity index is 2.00. The third-order valence-electron chi connectivity index (χ3n) is 2.98. The minimum absolute atomic E-state index is 0.307. The minimum atomic E-state index is -0.307. The molecule has 0 bridgehead atoms. The van der Waals surface area contributed by atoms with E-state index in [-0.39, 0.29) is 5.91 Å². The molecule has 0 spiro atoms. The number of amides is 1. The molecule has 4 nitrogen and oxygen atoms in total. The van der Waals surface area contributed by atoms with Crippen molar-refractivity contribution in [2.45, 2.75) is 19.8 Å². The van der Waals surface area contributed by atoms with Crippen LogP contribution >= 0.6 is 23.2 Å². The number of halogens is 2. The summed E-state index contributed by atoms with van der Waals surface area (Å²) >= 11 is 11.8. The van der Waals surface area contributed by atoms with Gasteiger partial charge in [-0.1, -0.05) is 36.5 Å². The van der Waals surface area contributed by atoms with Gasteiger partial charge in [-0.2, -0.15) is 0 Å². The van der Waals surface area contributed by atoms with Gasteiger partial charge in [-0.05, 0) is 36.8 Å². The predicted molar refractivity (Wildman–Crippen MR) is 92.0 cm³/mol. The summed E-state index contributed by atoms with van der Waals surface area (Å²) in [5, 5.41) is 6.90. The summed E-state index contributed by atoms with van der Waals surface area (Å²) in [6.45, 7) is 3.03. The van der Waals surface area contributed by atoms with Gasteiger partial charge in [0.2, 0.25) is 0 Å². The van der Waals surface area contributed by atoms with Crippen LogP contribution in [0.1, 0.15) is 30.3 Å². The van der Waals surface area contributed by atoms with E-state index in [9.17, 15) is 4.79 Å². The zero-order valence-corrected chi connectivity index (χ0v) is 13.7. The molecule has 1 amide bonds. The molecule has 2 rings (SSSR count). The maximum Gasteiger partial charge on any atom is 0.274 e. The van der Waals surface area contributed by atoms with Crippen molar-refractivity contribution in [2.75, 3.05) is 17.2 Å². The molecule has 0 aliphatic carbocycles. The van der Waals surface area contributed by atoms with Gasteiger partial charge in [0, 0.05) is 22.3 Å². The van der Waals surface area contributed by atoms with Crippen LogP contribution in [0.15, 0.2) is 36.5 Å². The van der Waals surface area contributed by atoms with E-state index in [1.165, 1.54) is 0 Å². The van der Waals surface area contributed by atoms with Crippen molar-refractivity contribution in [3.8, 4) is 0 Å². The second-order valence-electron chi connectivity index (χ2n) is 4.82. The lowest BCUT2D eigenvalue weighted by atomic mass is 10.2.